The van der Waals surface area contributed by atoms with Gasteiger partial charge in [0.15, 0.2) is 0 Å². The zero-order chi connectivity index (χ0) is 14.5. The highest BCUT2D eigenvalue weighted by molar-refractivity contribution is 9.10. The first kappa shape index (κ1) is 16.5. The van der Waals surface area contributed by atoms with E-state index in [4.69, 9.17) is 4.74 Å². The molecular formula is C15H25BrN2O. The molecule has 1 aromatic rings. The van der Waals surface area contributed by atoms with Gasteiger partial charge in [0.2, 0.25) is 0 Å². The highest BCUT2D eigenvalue weighted by Crippen LogP contribution is 2.24. The lowest BCUT2D eigenvalue weighted by molar-refractivity contribution is 0.206. The molecule has 0 saturated heterocycles. The van der Waals surface area contributed by atoms with Crippen LogP contribution in [0.2, 0.25) is 0 Å². The van der Waals surface area contributed by atoms with Gasteiger partial charge in [0.05, 0.1) is 6.61 Å². The van der Waals surface area contributed by atoms with E-state index in [-0.39, 0.29) is 5.54 Å². The van der Waals surface area contributed by atoms with E-state index >= 15 is 0 Å². The Hall–Kier alpha value is -0.580. The number of methoxy groups -OCH3 is 1. The number of hydrogen-bond acceptors (Lipinski definition) is 3. The third-order valence-corrected chi connectivity index (χ3v) is 3.39. The van der Waals surface area contributed by atoms with E-state index < -0.39 is 0 Å². The lowest BCUT2D eigenvalue weighted by Gasteiger charge is -2.25. The predicted molar refractivity (Wildman–Crippen MR) is 85.9 cm³/mol. The first-order chi connectivity index (χ1) is 8.83. The van der Waals surface area contributed by atoms with Crippen molar-refractivity contribution in [3.8, 4) is 0 Å². The molecule has 0 aromatic heterocycles. The van der Waals surface area contributed by atoms with E-state index in [0.717, 1.165) is 24.2 Å². The highest BCUT2D eigenvalue weighted by atomic mass is 79.9. The van der Waals surface area contributed by atoms with Crippen molar-refractivity contribution in [2.24, 2.45) is 0 Å². The number of nitrogens with one attached hydrogen (secondary N) is 1. The number of nitrogens with zero attached hydrogens (tertiary/aromatic N) is 1. The van der Waals surface area contributed by atoms with Crippen LogP contribution in [0.5, 0.6) is 0 Å². The zero-order valence-electron chi connectivity index (χ0n) is 12.6. The fourth-order valence-corrected chi connectivity index (χ4v) is 2.10. The minimum atomic E-state index is 0.120. The molecular weight excluding hydrogens is 304 g/mol. The molecule has 0 spiro atoms. The Morgan fingerprint density at radius 3 is 2.58 bits per heavy atom. The number of anilines is 1. The molecule has 0 atom stereocenters. The van der Waals surface area contributed by atoms with Crippen LogP contribution in [0.25, 0.3) is 0 Å². The van der Waals surface area contributed by atoms with Gasteiger partial charge in [0.25, 0.3) is 0 Å². The van der Waals surface area contributed by atoms with Gasteiger partial charge in [0.1, 0.15) is 0 Å². The normalized spacial score (nSPS) is 11.7. The van der Waals surface area contributed by atoms with E-state index in [1.54, 1.807) is 7.11 Å². The second kappa shape index (κ2) is 7.27. The first-order valence-electron chi connectivity index (χ1n) is 6.57. The van der Waals surface area contributed by atoms with Crippen LogP contribution in [-0.2, 0) is 11.3 Å². The molecule has 108 valence electrons. The molecule has 1 aromatic carbocycles. The summed E-state index contributed by atoms with van der Waals surface area (Å²) in [5.74, 6) is 0. The largest absolute Gasteiger partial charge is 0.383 e. The third-order valence-electron chi connectivity index (χ3n) is 2.90. The predicted octanol–water partition coefficient (Wildman–Crippen LogP) is 3.42. The fourth-order valence-electron chi connectivity index (χ4n) is 1.75. The third kappa shape index (κ3) is 5.93. The Bertz CT molecular complexity index is 402. The molecule has 0 aliphatic carbocycles. The molecule has 1 rings (SSSR count). The number of halogens is 1. The minimum absolute atomic E-state index is 0.120. The van der Waals surface area contributed by atoms with Gasteiger partial charge >= 0.3 is 0 Å². The van der Waals surface area contributed by atoms with Gasteiger partial charge in [-0.3, -0.25) is 0 Å². The van der Waals surface area contributed by atoms with Crippen molar-refractivity contribution >= 4 is 21.6 Å². The molecule has 0 saturated carbocycles. The second-order valence-corrected chi connectivity index (χ2v) is 6.71. The van der Waals surface area contributed by atoms with Crippen LogP contribution < -0.4 is 10.2 Å². The van der Waals surface area contributed by atoms with Crippen LogP contribution in [0, 0.1) is 0 Å². The first-order valence-corrected chi connectivity index (χ1v) is 7.36. The average Bonchev–Trinajstić information content (AvgIpc) is 2.33. The maximum atomic E-state index is 5.15. The number of hydrogen-bond donors (Lipinski definition) is 1. The van der Waals surface area contributed by atoms with Crippen LogP contribution in [0.1, 0.15) is 26.3 Å². The number of ether oxygens (including phenoxy) is 1. The lowest BCUT2D eigenvalue weighted by Crippen LogP contribution is -2.35. The molecule has 0 fully saturated rings. The smallest absolute Gasteiger partial charge is 0.0637 e. The van der Waals surface area contributed by atoms with E-state index in [1.807, 2.05) is 0 Å². The van der Waals surface area contributed by atoms with Crippen LogP contribution in [0.4, 0.5) is 5.69 Å². The summed E-state index contributed by atoms with van der Waals surface area (Å²) in [7, 11) is 3.83. The maximum absolute atomic E-state index is 5.15. The van der Waals surface area contributed by atoms with E-state index in [1.165, 1.54) is 11.3 Å². The Balaban J connectivity index is 2.85. The molecule has 0 heterocycles. The average molecular weight is 329 g/mol. The quantitative estimate of drug-likeness (QED) is 0.865. The van der Waals surface area contributed by atoms with Gasteiger partial charge in [-0.05, 0) is 38.5 Å². The summed E-state index contributed by atoms with van der Waals surface area (Å²) in [6.07, 6.45) is 0. The molecule has 0 unspecified atom stereocenters. The topological polar surface area (TPSA) is 24.5 Å². The number of likely N-dealkylation sites (N-methyl/N-ethyl adjacent to an activating group) is 1. The second-order valence-electron chi connectivity index (χ2n) is 5.79. The minimum Gasteiger partial charge on any atom is -0.383 e. The van der Waals surface area contributed by atoms with E-state index in [9.17, 15) is 0 Å². The van der Waals surface area contributed by atoms with Crippen molar-refractivity contribution in [1.29, 1.82) is 0 Å². The van der Waals surface area contributed by atoms with Gasteiger partial charge in [-0.25, -0.2) is 0 Å². The zero-order valence-corrected chi connectivity index (χ0v) is 14.2. The van der Waals surface area contributed by atoms with E-state index in [2.05, 4.69) is 72.2 Å². The van der Waals surface area contributed by atoms with Crippen molar-refractivity contribution in [2.75, 3.05) is 32.2 Å². The standard InChI is InChI=1S/C15H25BrN2O/c1-15(2,3)17-11-12-6-7-13(16)10-14(12)18(4)8-9-19-5/h6-7,10,17H,8-9,11H2,1-5H3. The molecule has 0 bridgehead atoms. The molecule has 1 N–H and O–H groups in total. The van der Waals surface area contributed by atoms with Gasteiger partial charge in [0, 0.05) is 42.9 Å². The summed E-state index contributed by atoms with van der Waals surface area (Å²) in [5, 5.41) is 3.54. The van der Waals surface area contributed by atoms with Crippen molar-refractivity contribution < 1.29 is 4.74 Å². The maximum Gasteiger partial charge on any atom is 0.0637 e. The van der Waals surface area contributed by atoms with Crippen LogP contribution >= 0.6 is 15.9 Å². The van der Waals surface area contributed by atoms with Crippen molar-refractivity contribution in [2.45, 2.75) is 32.9 Å². The Labute approximate surface area is 125 Å². The SMILES string of the molecule is COCCN(C)c1cc(Br)ccc1CNC(C)(C)C. The van der Waals surface area contributed by atoms with Crippen LogP contribution in [0.15, 0.2) is 22.7 Å². The molecule has 0 aliphatic rings. The summed E-state index contributed by atoms with van der Waals surface area (Å²) in [6.45, 7) is 9.02. The van der Waals surface area contributed by atoms with Crippen LogP contribution in [-0.4, -0.2) is 32.8 Å². The summed E-state index contributed by atoms with van der Waals surface area (Å²) in [5.41, 5.74) is 2.66. The van der Waals surface area contributed by atoms with Gasteiger partial charge in [-0.2, -0.15) is 0 Å². The lowest BCUT2D eigenvalue weighted by atomic mass is 10.1. The van der Waals surface area contributed by atoms with Crippen molar-refractivity contribution in [3.05, 3.63) is 28.2 Å². The highest BCUT2D eigenvalue weighted by Gasteiger charge is 2.12. The van der Waals surface area contributed by atoms with Crippen molar-refractivity contribution in [3.63, 3.8) is 0 Å². The van der Waals surface area contributed by atoms with Crippen LogP contribution in [0.3, 0.4) is 0 Å². The van der Waals surface area contributed by atoms with Crippen molar-refractivity contribution in [1.82, 2.24) is 5.32 Å². The summed E-state index contributed by atoms with van der Waals surface area (Å²) in [6, 6.07) is 6.42. The van der Waals surface area contributed by atoms with Gasteiger partial charge in [-0.15, -0.1) is 0 Å². The molecule has 0 radical (unpaired) electrons. The molecule has 0 amide bonds. The molecule has 3 nitrogen and oxygen atoms in total. The Morgan fingerprint density at radius 2 is 2.00 bits per heavy atom. The summed E-state index contributed by atoms with van der Waals surface area (Å²) >= 11 is 3.55. The van der Waals surface area contributed by atoms with Gasteiger partial charge in [-0.1, -0.05) is 22.0 Å². The Kier molecular flexibility index (Phi) is 6.30. The fraction of sp³-hybridized carbons (Fsp3) is 0.600. The Morgan fingerprint density at radius 1 is 1.32 bits per heavy atom. The van der Waals surface area contributed by atoms with E-state index in [0.29, 0.717) is 0 Å². The molecule has 0 aliphatic heterocycles. The van der Waals surface area contributed by atoms with Gasteiger partial charge < -0.3 is 15.0 Å². The summed E-state index contributed by atoms with van der Waals surface area (Å²) in [4.78, 5) is 2.23. The molecule has 4 heteroatoms. The monoisotopic (exact) mass is 328 g/mol. The number of benzene rings is 1. The molecule has 19 heavy (non-hydrogen) atoms. The summed E-state index contributed by atoms with van der Waals surface area (Å²) < 4.78 is 6.25. The number of rotatable bonds is 6.